The van der Waals surface area contributed by atoms with Gasteiger partial charge in [0.2, 0.25) is 0 Å². The quantitative estimate of drug-likeness (QED) is 0.397. The standard InChI is InChI=1S/C6H6N2O3/c1-11-6(10)2-4-7-3-5(9)8-4/h2-3H,1H3,(H,8,9). The van der Waals surface area contributed by atoms with Crippen LogP contribution < -0.4 is 5.32 Å². The summed E-state index contributed by atoms with van der Waals surface area (Å²) in [7, 11) is 1.25. The first-order valence-electron chi connectivity index (χ1n) is 2.87. The van der Waals surface area contributed by atoms with Gasteiger partial charge in [0.1, 0.15) is 5.82 Å². The Bertz CT molecular complexity index is 255. The maximum atomic E-state index is 10.6. The maximum Gasteiger partial charge on any atom is 0.334 e. The summed E-state index contributed by atoms with van der Waals surface area (Å²) in [5.41, 5.74) is 0. The van der Waals surface area contributed by atoms with Gasteiger partial charge in [-0.2, -0.15) is 0 Å². The lowest BCUT2D eigenvalue weighted by Gasteiger charge is -1.92. The van der Waals surface area contributed by atoms with Crippen molar-refractivity contribution in [1.82, 2.24) is 5.32 Å². The van der Waals surface area contributed by atoms with Gasteiger partial charge in [0.15, 0.2) is 0 Å². The van der Waals surface area contributed by atoms with Crippen LogP contribution in [0.3, 0.4) is 0 Å². The summed E-state index contributed by atoms with van der Waals surface area (Å²) in [6.45, 7) is 0. The van der Waals surface area contributed by atoms with Gasteiger partial charge in [0.05, 0.1) is 19.4 Å². The van der Waals surface area contributed by atoms with Crippen molar-refractivity contribution in [3.63, 3.8) is 0 Å². The number of esters is 1. The van der Waals surface area contributed by atoms with E-state index in [9.17, 15) is 9.59 Å². The molecule has 1 aliphatic rings. The second kappa shape index (κ2) is 2.96. The molecule has 0 aliphatic carbocycles. The maximum absolute atomic E-state index is 10.6. The largest absolute Gasteiger partial charge is 0.466 e. The molecule has 1 N–H and O–H groups in total. The first-order chi connectivity index (χ1) is 5.22. The van der Waals surface area contributed by atoms with Crippen LogP contribution in [0.15, 0.2) is 16.9 Å². The smallest absolute Gasteiger partial charge is 0.334 e. The number of methoxy groups -OCH3 is 1. The molecule has 0 aromatic carbocycles. The molecule has 5 heteroatoms. The molecule has 0 bridgehead atoms. The van der Waals surface area contributed by atoms with Crippen LogP contribution in [0.2, 0.25) is 0 Å². The molecule has 0 saturated heterocycles. The van der Waals surface area contributed by atoms with Crippen LogP contribution in [0.5, 0.6) is 0 Å². The van der Waals surface area contributed by atoms with Crippen LogP contribution in [-0.4, -0.2) is 25.2 Å². The number of rotatable bonds is 1. The van der Waals surface area contributed by atoms with Crippen LogP contribution in [0, 0.1) is 0 Å². The highest BCUT2D eigenvalue weighted by Gasteiger charge is 2.09. The number of nitrogens with one attached hydrogen (secondary N) is 1. The normalized spacial score (nSPS) is 18.6. The molecule has 0 unspecified atom stereocenters. The molecule has 5 nitrogen and oxygen atoms in total. The molecule has 0 radical (unpaired) electrons. The molecule has 1 rings (SSSR count). The minimum atomic E-state index is -0.542. The number of nitrogens with zero attached hydrogens (tertiary/aromatic N) is 1. The van der Waals surface area contributed by atoms with Gasteiger partial charge < -0.3 is 10.1 Å². The molecular weight excluding hydrogens is 148 g/mol. The highest BCUT2D eigenvalue weighted by molar-refractivity contribution is 6.29. The van der Waals surface area contributed by atoms with Crippen molar-refractivity contribution in [2.24, 2.45) is 4.99 Å². The Morgan fingerprint density at radius 2 is 2.55 bits per heavy atom. The third kappa shape index (κ3) is 1.89. The van der Waals surface area contributed by atoms with Gasteiger partial charge in [-0.15, -0.1) is 0 Å². The van der Waals surface area contributed by atoms with E-state index in [0.717, 1.165) is 12.3 Å². The van der Waals surface area contributed by atoms with E-state index < -0.39 is 5.97 Å². The summed E-state index contributed by atoms with van der Waals surface area (Å²) < 4.78 is 4.31. The third-order valence-corrected chi connectivity index (χ3v) is 1.03. The van der Waals surface area contributed by atoms with Gasteiger partial charge in [0.25, 0.3) is 5.91 Å². The molecule has 11 heavy (non-hydrogen) atoms. The summed E-state index contributed by atoms with van der Waals surface area (Å²) in [4.78, 5) is 24.6. The molecule has 0 saturated carbocycles. The van der Waals surface area contributed by atoms with Crippen LogP contribution in [0.1, 0.15) is 0 Å². The van der Waals surface area contributed by atoms with Crippen LogP contribution >= 0.6 is 0 Å². The number of hydrogen-bond donors (Lipinski definition) is 1. The lowest BCUT2D eigenvalue weighted by molar-refractivity contribution is -0.134. The fraction of sp³-hybridized carbons (Fsp3) is 0.167. The van der Waals surface area contributed by atoms with E-state index in [2.05, 4.69) is 15.0 Å². The predicted octanol–water partition coefficient (Wildman–Crippen LogP) is -0.799. The summed E-state index contributed by atoms with van der Waals surface area (Å²) in [5.74, 6) is -0.665. The van der Waals surface area contributed by atoms with E-state index in [1.807, 2.05) is 0 Å². The van der Waals surface area contributed by atoms with Gasteiger partial charge in [-0.3, -0.25) is 4.79 Å². The lowest BCUT2D eigenvalue weighted by atomic mass is 10.5. The number of carbonyl (C=O) groups excluding carboxylic acids is 2. The van der Waals surface area contributed by atoms with Gasteiger partial charge in [0, 0.05) is 0 Å². The van der Waals surface area contributed by atoms with Gasteiger partial charge in [-0.1, -0.05) is 0 Å². The summed E-state index contributed by atoms with van der Waals surface area (Å²) in [5, 5.41) is 2.32. The topological polar surface area (TPSA) is 67.8 Å². The summed E-state index contributed by atoms with van der Waals surface area (Å²) in [6, 6.07) is 0. The van der Waals surface area contributed by atoms with E-state index in [4.69, 9.17) is 0 Å². The average Bonchev–Trinajstić information content (AvgIpc) is 2.35. The second-order valence-electron chi connectivity index (χ2n) is 1.80. The first-order valence-corrected chi connectivity index (χ1v) is 2.87. The predicted molar refractivity (Wildman–Crippen MR) is 36.7 cm³/mol. The first kappa shape index (κ1) is 7.46. The number of aliphatic imine (C=N–C) groups is 1. The Morgan fingerprint density at radius 3 is 3.00 bits per heavy atom. The van der Waals surface area contributed by atoms with Crippen molar-refractivity contribution >= 4 is 18.1 Å². The second-order valence-corrected chi connectivity index (χ2v) is 1.80. The Hall–Kier alpha value is -1.65. The summed E-state index contributed by atoms with van der Waals surface area (Å²) >= 11 is 0. The van der Waals surface area contributed by atoms with E-state index in [1.165, 1.54) is 7.11 Å². The monoisotopic (exact) mass is 154 g/mol. The van der Waals surface area contributed by atoms with Crippen LogP contribution in [-0.2, 0) is 14.3 Å². The van der Waals surface area contributed by atoms with Gasteiger partial charge >= 0.3 is 5.97 Å². The number of ether oxygens (including phenoxy) is 1. The highest BCUT2D eigenvalue weighted by atomic mass is 16.5. The fourth-order valence-electron chi connectivity index (χ4n) is 0.563. The Kier molecular flexibility index (Phi) is 2.00. The van der Waals surface area contributed by atoms with E-state index in [-0.39, 0.29) is 11.7 Å². The molecule has 0 aromatic heterocycles. The van der Waals surface area contributed by atoms with Crippen LogP contribution in [0.4, 0.5) is 0 Å². The Morgan fingerprint density at radius 1 is 1.82 bits per heavy atom. The van der Waals surface area contributed by atoms with Crippen molar-refractivity contribution < 1.29 is 14.3 Å². The highest BCUT2D eigenvalue weighted by Crippen LogP contribution is 1.96. The van der Waals surface area contributed by atoms with Crippen LogP contribution in [0.25, 0.3) is 0 Å². The number of amides is 1. The molecule has 1 aliphatic heterocycles. The van der Waals surface area contributed by atoms with E-state index in [1.54, 1.807) is 0 Å². The zero-order chi connectivity index (χ0) is 8.27. The molecular formula is C6H6N2O3. The molecule has 1 heterocycles. The minimum Gasteiger partial charge on any atom is -0.466 e. The molecule has 0 fully saturated rings. The summed E-state index contributed by atoms with van der Waals surface area (Å²) in [6.07, 6.45) is 2.19. The minimum absolute atomic E-state index is 0.210. The van der Waals surface area contributed by atoms with E-state index >= 15 is 0 Å². The zero-order valence-corrected chi connectivity index (χ0v) is 5.83. The third-order valence-electron chi connectivity index (χ3n) is 1.03. The molecule has 0 atom stereocenters. The van der Waals surface area contributed by atoms with Crippen molar-refractivity contribution in [3.05, 3.63) is 11.9 Å². The van der Waals surface area contributed by atoms with Gasteiger partial charge in [-0.25, -0.2) is 9.79 Å². The van der Waals surface area contributed by atoms with Crippen molar-refractivity contribution in [1.29, 1.82) is 0 Å². The Balaban J connectivity index is 2.63. The van der Waals surface area contributed by atoms with Crippen molar-refractivity contribution in [2.75, 3.05) is 7.11 Å². The molecule has 58 valence electrons. The Labute approximate surface area is 62.8 Å². The fourth-order valence-corrected chi connectivity index (χ4v) is 0.563. The number of carbonyl (C=O) groups is 2. The number of hydrogen-bond acceptors (Lipinski definition) is 4. The zero-order valence-electron chi connectivity index (χ0n) is 5.83. The van der Waals surface area contributed by atoms with Gasteiger partial charge in [-0.05, 0) is 0 Å². The lowest BCUT2D eigenvalue weighted by Crippen LogP contribution is -2.16. The molecule has 0 spiro atoms. The molecule has 0 aromatic rings. The van der Waals surface area contributed by atoms with E-state index in [0.29, 0.717) is 0 Å². The average molecular weight is 154 g/mol. The van der Waals surface area contributed by atoms with Crippen molar-refractivity contribution in [2.45, 2.75) is 0 Å². The molecule has 1 amide bonds. The van der Waals surface area contributed by atoms with Crippen molar-refractivity contribution in [3.8, 4) is 0 Å². The SMILES string of the molecule is COC(=O)C=C1N=CC(=O)N1.